The van der Waals surface area contributed by atoms with Gasteiger partial charge >= 0.3 is 0 Å². The molecular formula is C24H16Cl2N4O3S2. The van der Waals surface area contributed by atoms with Gasteiger partial charge in [-0.05, 0) is 30.3 Å². The summed E-state index contributed by atoms with van der Waals surface area (Å²) in [5, 5.41) is 2.82. The van der Waals surface area contributed by atoms with E-state index in [4.69, 9.17) is 27.9 Å². The molecule has 0 aromatic carbocycles. The lowest BCUT2D eigenvalue weighted by molar-refractivity contribution is 0.0961. The van der Waals surface area contributed by atoms with Crippen molar-refractivity contribution < 1.29 is 14.3 Å². The molecule has 0 fully saturated rings. The summed E-state index contributed by atoms with van der Waals surface area (Å²) < 4.78 is 7.68. The number of hydrogen-bond acceptors (Lipinski definition) is 6. The summed E-state index contributed by atoms with van der Waals surface area (Å²) in [6, 6.07) is 10.6. The highest BCUT2D eigenvalue weighted by Gasteiger charge is 2.23. The minimum atomic E-state index is -0.387. The molecule has 7 nitrogen and oxygen atoms in total. The van der Waals surface area contributed by atoms with Crippen LogP contribution in [0.2, 0.25) is 8.67 Å². The third-order valence-corrected chi connectivity index (χ3v) is 7.69. The van der Waals surface area contributed by atoms with Gasteiger partial charge in [0, 0.05) is 51.7 Å². The molecule has 35 heavy (non-hydrogen) atoms. The van der Waals surface area contributed by atoms with Gasteiger partial charge in [0.15, 0.2) is 0 Å². The van der Waals surface area contributed by atoms with Gasteiger partial charge in [-0.15, -0.1) is 22.7 Å². The fourth-order valence-corrected chi connectivity index (χ4v) is 5.66. The average Bonchev–Trinajstić information content (AvgIpc) is 3.65. The average molecular weight is 543 g/mol. The first-order valence-corrected chi connectivity index (χ1v) is 12.6. The highest BCUT2D eigenvalue weighted by molar-refractivity contribution is 7.19. The topological polar surface area (TPSA) is 89.0 Å². The predicted octanol–water partition coefficient (Wildman–Crippen LogP) is 6.92. The van der Waals surface area contributed by atoms with Gasteiger partial charge < -0.3 is 15.0 Å². The molecule has 2 N–H and O–H groups in total. The number of methoxy groups -OCH3 is 1. The molecule has 0 atom stereocenters. The number of rotatable bonds is 6. The van der Waals surface area contributed by atoms with Crippen LogP contribution < -0.4 is 10.1 Å². The largest absolute Gasteiger partial charge is 0.481 e. The van der Waals surface area contributed by atoms with Gasteiger partial charge in [0.2, 0.25) is 5.88 Å². The number of nitrogens with one attached hydrogen (secondary N) is 2. The van der Waals surface area contributed by atoms with E-state index in [-0.39, 0.29) is 11.8 Å². The van der Waals surface area contributed by atoms with Gasteiger partial charge in [-0.1, -0.05) is 23.2 Å². The normalized spacial score (nSPS) is 10.9. The summed E-state index contributed by atoms with van der Waals surface area (Å²) in [5.74, 6) is -0.245. The van der Waals surface area contributed by atoms with Gasteiger partial charge in [0.1, 0.15) is 0 Å². The minimum Gasteiger partial charge on any atom is -0.481 e. The van der Waals surface area contributed by atoms with Crippen LogP contribution >= 0.6 is 45.9 Å². The number of thiophene rings is 2. The van der Waals surface area contributed by atoms with Crippen molar-refractivity contribution in [2.75, 3.05) is 12.4 Å². The second-order valence-corrected chi connectivity index (χ2v) is 10.8. The molecule has 0 spiro atoms. The molecule has 0 saturated carbocycles. The molecule has 0 radical (unpaired) electrons. The standard InChI is InChI=1S/C24H16Cl2N4O3S2/c1-33-22-7-2-13(8-28-22)29-23(31)17-12-30(11-16(17)19-4-6-21(26)35-19)24(32)15-10-27-9-14(15)18-3-5-20(25)34-18/h2-12,27H,1H3,(H,29,31). The van der Waals surface area contributed by atoms with Crippen molar-refractivity contribution in [2.45, 2.75) is 0 Å². The lowest BCUT2D eigenvalue weighted by Gasteiger charge is -2.06. The number of anilines is 1. The van der Waals surface area contributed by atoms with E-state index < -0.39 is 0 Å². The van der Waals surface area contributed by atoms with Crippen LogP contribution in [-0.2, 0) is 0 Å². The Balaban J connectivity index is 1.52. The fourth-order valence-electron chi connectivity index (χ4n) is 3.52. The first-order chi connectivity index (χ1) is 16.9. The number of aromatic nitrogens is 3. The zero-order valence-corrected chi connectivity index (χ0v) is 21.2. The molecule has 0 saturated heterocycles. The third-order valence-electron chi connectivity index (χ3n) is 5.16. The lowest BCUT2D eigenvalue weighted by Crippen LogP contribution is -2.13. The Kier molecular flexibility index (Phi) is 6.48. The van der Waals surface area contributed by atoms with Crippen LogP contribution in [0, 0.1) is 0 Å². The number of nitrogens with zero attached hydrogens (tertiary/aromatic N) is 2. The summed E-state index contributed by atoms with van der Waals surface area (Å²) in [6.45, 7) is 0. The van der Waals surface area contributed by atoms with Gasteiger partial charge in [0.05, 0.1) is 38.8 Å². The molecule has 5 rings (SSSR count). The molecule has 0 aliphatic rings. The Labute approximate surface area is 217 Å². The quantitative estimate of drug-likeness (QED) is 0.243. The van der Waals surface area contributed by atoms with Crippen LogP contribution in [0.15, 0.2) is 67.4 Å². The number of ether oxygens (including phenoxy) is 1. The van der Waals surface area contributed by atoms with E-state index in [9.17, 15) is 9.59 Å². The number of halogens is 2. The van der Waals surface area contributed by atoms with E-state index in [1.165, 1.54) is 46.7 Å². The zero-order chi connectivity index (χ0) is 24.5. The van der Waals surface area contributed by atoms with Gasteiger partial charge in [-0.25, -0.2) is 4.98 Å². The van der Waals surface area contributed by atoms with E-state index >= 15 is 0 Å². The van der Waals surface area contributed by atoms with Crippen LogP contribution in [0.25, 0.3) is 20.9 Å². The molecule has 176 valence electrons. The molecule has 0 aliphatic heterocycles. The van der Waals surface area contributed by atoms with Gasteiger partial charge in [-0.2, -0.15) is 0 Å². The molecular weight excluding hydrogens is 527 g/mol. The van der Waals surface area contributed by atoms with Crippen molar-refractivity contribution in [3.8, 4) is 26.8 Å². The SMILES string of the molecule is COc1ccc(NC(=O)c2cn(C(=O)c3c[nH]cc3-c3ccc(Cl)s3)cc2-c2ccc(Cl)s2)cn1. The summed E-state index contributed by atoms with van der Waals surface area (Å²) >= 11 is 14.9. The van der Waals surface area contributed by atoms with E-state index in [1.54, 1.807) is 42.9 Å². The van der Waals surface area contributed by atoms with Crippen molar-refractivity contribution in [2.24, 2.45) is 0 Å². The lowest BCUT2D eigenvalue weighted by atomic mass is 10.1. The maximum Gasteiger partial charge on any atom is 0.264 e. The first-order valence-electron chi connectivity index (χ1n) is 10.2. The van der Waals surface area contributed by atoms with E-state index in [2.05, 4.69) is 15.3 Å². The maximum absolute atomic E-state index is 13.5. The summed E-state index contributed by atoms with van der Waals surface area (Å²) in [4.78, 5) is 35.5. The van der Waals surface area contributed by atoms with Crippen molar-refractivity contribution in [1.82, 2.24) is 14.5 Å². The molecule has 11 heteroatoms. The van der Waals surface area contributed by atoms with Crippen molar-refractivity contribution in [3.63, 3.8) is 0 Å². The van der Waals surface area contributed by atoms with Gasteiger partial charge in [0.25, 0.3) is 11.8 Å². The number of aromatic amines is 1. The maximum atomic E-state index is 13.5. The van der Waals surface area contributed by atoms with Gasteiger partial charge in [-0.3, -0.25) is 14.2 Å². The Bertz CT molecular complexity index is 1530. The van der Waals surface area contributed by atoms with Crippen LogP contribution in [0.1, 0.15) is 20.7 Å². The van der Waals surface area contributed by atoms with Crippen LogP contribution in [-0.4, -0.2) is 33.5 Å². The first kappa shape index (κ1) is 23.4. The number of hydrogen-bond donors (Lipinski definition) is 2. The van der Waals surface area contributed by atoms with Crippen LogP contribution in [0.4, 0.5) is 5.69 Å². The Morgan fingerprint density at radius 1 is 0.943 bits per heavy atom. The summed E-state index contributed by atoms with van der Waals surface area (Å²) in [6.07, 6.45) is 8.05. The molecule has 0 bridgehead atoms. The fraction of sp³-hybridized carbons (Fsp3) is 0.0417. The van der Waals surface area contributed by atoms with Crippen molar-refractivity contribution in [3.05, 3.63) is 87.2 Å². The van der Waals surface area contributed by atoms with Crippen molar-refractivity contribution in [1.29, 1.82) is 0 Å². The Morgan fingerprint density at radius 3 is 2.26 bits per heavy atom. The minimum absolute atomic E-state index is 0.292. The van der Waals surface area contributed by atoms with E-state index in [0.717, 1.165) is 15.3 Å². The highest BCUT2D eigenvalue weighted by Crippen LogP contribution is 2.36. The summed E-state index contributed by atoms with van der Waals surface area (Å²) in [5.41, 5.74) is 2.60. The van der Waals surface area contributed by atoms with Crippen LogP contribution in [0.5, 0.6) is 5.88 Å². The molecule has 1 amide bonds. The predicted molar refractivity (Wildman–Crippen MR) is 140 cm³/mol. The van der Waals surface area contributed by atoms with Crippen molar-refractivity contribution >= 4 is 63.4 Å². The van der Waals surface area contributed by atoms with E-state index in [0.29, 0.717) is 36.9 Å². The number of carbonyl (C=O) groups excluding carboxylic acids is 2. The Hall–Kier alpha value is -3.37. The number of amides is 1. The smallest absolute Gasteiger partial charge is 0.264 e. The van der Waals surface area contributed by atoms with Crippen LogP contribution in [0.3, 0.4) is 0 Å². The third kappa shape index (κ3) is 4.76. The number of pyridine rings is 1. The van der Waals surface area contributed by atoms with E-state index in [1.807, 2.05) is 12.1 Å². The molecule has 0 aliphatic carbocycles. The second kappa shape index (κ2) is 9.71. The number of carbonyl (C=O) groups is 2. The second-order valence-electron chi connectivity index (χ2n) is 7.33. The highest BCUT2D eigenvalue weighted by atomic mass is 35.5. The zero-order valence-electron chi connectivity index (χ0n) is 18.0. The number of H-pyrrole nitrogens is 1. The Morgan fingerprint density at radius 2 is 1.66 bits per heavy atom. The molecule has 5 aromatic rings. The molecule has 0 unspecified atom stereocenters. The monoisotopic (exact) mass is 542 g/mol. The molecule has 5 aromatic heterocycles. The molecule has 5 heterocycles. The summed E-state index contributed by atoms with van der Waals surface area (Å²) in [7, 11) is 1.52.